The highest BCUT2D eigenvalue weighted by Crippen LogP contribution is 2.29. The van der Waals surface area contributed by atoms with Crippen LogP contribution in [0.25, 0.3) is 0 Å². The van der Waals surface area contributed by atoms with Gasteiger partial charge in [0.1, 0.15) is 0 Å². The summed E-state index contributed by atoms with van der Waals surface area (Å²) in [6.07, 6.45) is 11.0. The smallest absolute Gasteiger partial charge is 0.0940 e. The van der Waals surface area contributed by atoms with E-state index in [2.05, 4.69) is 4.99 Å². The fourth-order valence-electron chi connectivity index (χ4n) is 3.03. The van der Waals surface area contributed by atoms with Gasteiger partial charge in [0, 0.05) is 12.5 Å². The van der Waals surface area contributed by atoms with E-state index in [-0.39, 0.29) is 24.8 Å². The molecule has 1 saturated carbocycles. The predicted octanol–water partition coefficient (Wildman–Crippen LogP) is 3.04. The van der Waals surface area contributed by atoms with Crippen LogP contribution in [0.5, 0.6) is 0 Å². The lowest BCUT2D eigenvalue weighted by molar-refractivity contribution is 0.290. The van der Waals surface area contributed by atoms with Crippen molar-refractivity contribution in [1.29, 1.82) is 0 Å². The first-order valence-corrected chi connectivity index (χ1v) is 6.82. The van der Waals surface area contributed by atoms with Crippen molar-refractivity contribution in [2.75, 3.05) is 0 Å². The van der Waals surface area contributed by atoms with Gasteiger partial charge in [-0.25, -0.2) is 0 Å². The molecular formula is C13H27Cl2N3. The molecule has 2 aliphatic rings. The van der Waals surface area contributed by atoms with E-state index in [1.54, 1.807) is 0 Å². The molecular weight excluding hydrogens is 269 g/mol. The van der Waals surface area contributed by atoms with Crippen LogP contribution < -0.4 is 11.5 Å². The molecule has 3 nitrogen and oxygen atoms in total. The third-order valence-corrected chi connectivity index (χ3v) is 4.07. The topological polar surface area (TPSA) is 64.4 Å². The minimum Gasteiger partial charge on any atom is -0.387 e. The Kier molecular flexibility index (Phi) is 9.01. The van der Waals surface area contributed by atoms with Crippen LogP contribution >= 0.6 is 24.8 Å². The van der Waals surface area contributed by atoms with E-state index in [0.717, 1.165) is 18.2 Å². The molecule has 0 aromatic rings. The summed E-state index contributed by atoms with van der Waals surface area (Å²) in [4.78, 5) is 4.65. The van der Waals surface area contributed by atoms with Crippen molar-refractivity contribution in [2.24, 2.45) is 22.4 Å². The Morgan fingerprint density at radius 2 is 1.67 bits per heavy atom. The summed E-state index contributed by atoms with van der Waals surface area (Å²) in [6.45, 7) is 0. The number of hydrogen-bond acceptors (Lipinski definition) is 3. The standard InChI is InChI=1S/C13H25N3.2ClH/c14-11-7-5-10(6-8-11)9-12-3-1-2-4-13(15)16-12;;/h10-12H,1-9,14H2,(H2,15,16);2*1H. The molecule has 0 bridgehead atoms. The van der Waals surface area contributed by atoms with Crippen LogP contribution in [0.4, 0.5) is 0 Å². The van der Waals surface area contributed by atoms with Gasteiger partial charge in [-0.1, -0.05) is 6.42 Å². The first-order chi connectivity index (χ1) is 7.74. The molecule has 0 saturated heterocycles. The van der Waals surface area contributed by atoms with Gasteiger partial charge < -0.3 is 11.5 Å². The van der Waals surface area contributed by atoms with Crippen LogP contribution in [-0.2, 0) is 0 Å². The molecule has 5 heteroatoms. The van der Waals surface area contributed by atoms with Crippen molar-refractivity contribution < 1.29 is 0 Å². The van der Waals surface area contributed by atoms with Crippen molar-refractivity contribution in [3.8, 4) is 0 Å². The van der Waals surface area contributed by atoms with E-state index < -0.39 is 0 Å². The Morgan fingerprint density at radius 1 is 1.00 bits per heavy atom. The van der Waals surface area contributed by atoms with E-state index in [9.17, 15) is 0 Å². The first-order valence-electron chi connectivity index (χ1n) is 6.82. The molecule has 0 radical (unpaired) electrons. The number of aliphatic imine (C=N–C) groups is 1. The molecule has 1 fully saturated rings. The molecule has 108 valence electrons. The summed E-state index contributed by atoms with van der Waals surface area (Å²) in [6, 6.07) is 0.959. The van der Waals surface area contributed by atoms with Gasteiger partial charge in [-0.2, -0.15) is 0 Å². The quantitative estimate of drug-likeness (QED) is 0.822. The lowest BCUT2D eigenvalue weighted by Crippen LogP contribution is -2.28. The molecule has 4 N–H and O–H groups in total. The third kappa shape index (κ3) is 5.77. The molecule has 1 aliphatic heterocycles. The van der Waals surface area contributed by atoms with Crippen LogP contribution in [0.3, 0.4) is 0 Å². The van der Waals surface area contributed by atoms with Gasteiger partial charge >= 0.3 is 0 Å². The molecule has 0 amide bonds. The maximum absolute atomic E-state index is 5.93. The number of halogens is 2. The summed E-state index contributed by atoms with van der Waals surface area (Å²) >= 11 is 0. The Balaban J connectivity index is 0.00000144. The summed E-state index contributed by atoms with van der Waals surface area (Å²) < 4.78 is 0. The van der Waals surface area contributed by atoms with E-state index in [1.807, 2.05) is 0 Å². The second-order valence-electron chi connectivity index (χ2n) is 5.54. The van der Waals surface area contributed by atoms with Crippen LogP contribution in [0.15, 0.2) is 4.99 Å². The summed E-state index contributed by atoms with van der Waals surface area (Å²) in [7, 11) is 0. The van der Waals surface area contributed by atoms with Crippen LogP contribution in [0.1, 0.15) is 57.8 Å². The largest absolute Gasteiger partial charge is 0.387 e. The van der Waals surface area contributed by atoms with Crippen molar-refractivity contribution in [1.82, 2.24) is 0 Å². The van der Waals surface area contributed by atoms with Crippen molar-refractivity contribution in [2.45, 2.75) is 69.9 Å². The van der Waals surface area contributed by atoms with Crippen molar-refractivity contribution in [3.05, 3.63) is 0 Å². The van der Waals surface area contributed by atoms with Crippen LogP contribution in [0.2, 0.25) is 0 Å². The minimum atomic E-state index is 0. The predicted molar refractivity (Wildman–Crippen MR) is 82.9 cm³/mol. The molecule has 0 aromatic carbocycles. The molecule has 2 rings (SSSR count). The normalized spacial score (nSPS) is 32.5. The van der Waals surface area contributed by atoms with E-state index >= 15 is 0 Å². The number of nitrogens with zero attached hydrogens (tertiary/aromatic N) is 1. The highest BCUT2D eigenvalue weighted by Gasteiger charge is 2.22. The lowest BCUT2D eigenvalue weighted by Gasteiger charge is -2.27. The maximum Gasteiger partial charge on any atom is 0.0940 e. The van der Waals surface area contributed by atoms with E-state index in [4.69, 9.17) is 11.5 Å². The second-order valence-corrected chi connectivity index (χ2v) is 5.54. The van der Waals surface area contributed by atoms with Gasteiger partial charge in [0.25, 0.3) is 0 Å². The SMILES string of the molecule is Cl.Cl.NC1=NC(CC2CCC(N)CC2)CCCC1. The Morgan fingerprint density at radius 3 is 2.33 bits per heavy atom. The number of hydrogen-bond donors (Lipinski definition) is 2. The van der Waals surface area contributed by atoms with Gasteiger partial charge in [0.05, 0.1) is 11.9 Å². The molecule has 1 atom stereocenters. The van der Waals surface area contributed by atoms with Gasteiger partial charge in [0.2, 0.25) is 0 Å². The van der Waals surface area contributed by atoms with Gasteiger partial charge in [-0.3, -0.25) is 4.99 Å². The summed E-state index contributed by atoms with van der Waals surface area (Å²) in [5.41, 5.74) is 11.8. The van der Waals surface area contributed by atoms with Crippen LogP contribution in [-0.4, -0.2) is 17.9 Å². The minimum absolute atomic E-state index is 0. The highest BCUT2D eigenvalue weighted by molar-refractivity contribution is 5.85. The molecule has 18 heavy (non-hydrogen) atoms. The second kappa shape index (κ2) is 9.00. The Bertz CT molecular complexity index is 251. The van der Waals surface area contributed by atoms with E-state index in [0.29, 0.717) is 12.1 Å². The van der Waals surface area contributed by atoms with Crippen LogP contribution in [0, 0.1) is 5.92 Å². The van der Waals surface area contributed by atoms with Gasteiger partial charge in [-0.15, -0.1) is 24.8 Å². The number of nitrogens with two attached hydrogens (primary N) is 2. The number of rotatable bonds is 2. The molecule has 0 spiro atoms. The molecule has 0 aromatic heterocycles. The fraction of sp³-hybridized carbons (Fsp3) is 0.923. The Hall–Kier alpha value is 0.01000. The van der Waals surface area contributed by atoms with Crippen molar-refractivity contribution >= 4 is 30.6 Å². The lowest BCUT2D eigenvalue weighted by atomic mass is 9.82. The molecule has 1 aliphatic carbocycles. The maximum atomic E-state index is 5.93. The zero-order valence-electron chi connectivity index (χ0n) is 11.0. The summed E-state index contributed by atoms with van der Waals surface area (Å²) in [5, 5.41) is 0. The van der Waals surface area contributed by atoms with E-state index in [1.165, 1.54) is 51.4 Å². The monoisotopic (exact) mass is 295 g/mol. The average Bonchev–Trinajstić information content (AvgIpc) is 2.46. The third-order valence-electron chi connectivity index (χ3n) is 4.07. The molecule has 1 heterocycles. The van der Waals surface area contributed by atoms with Crippen molar-refractivity contribution in [3.63, 3.8) is 0 Å². The Labute approximate surface area is 123 Å². The van der Waals surface area contributed by atoms with Gasteiger partial charge in [-0.05, 0) is 50.9 Å². The highest BCUT2D eigenvalue weighted by atomic mass is 35.5. The first kappa shape index (κ1) is 18.0. The average molecular weight is 296 g/mol. The number of amidine groups is 1. The molecule has 1 unspecified atom stereocenters. The zero-order chi connectivity index (χ0) is 11.4. The zero-order valence-corrected chi connectivity index (χ0v) is 12.6. The summed E-state index contributed by atoms with van der Waals surface area (Å²) in [5.74, 6) is 1.73. The van der Waals surface area contributed by atoms with Gasteiger partial charge in [0.15, 0.2) is 0 Å². The fourth-order valence-corrected chi connectivity index (χ4v) is 3.03.